The van der Waals surface area contributed by atoms with E-state index in [0.29, 0.717) is 17.3 Å². The van der Waals surface area contributed by atoms with Crippen LogP contribution in [-0.4, -0.2) is 28.8 Å². The molecule has 2 heterocycles. The van der Waals surface area contributed by atoms with Crippen LogP contribution < -0.4 is 4.74 Å². The zero-order valence-electron chi connectivity index (χ0n) is 15.0. The van der Waals surface area contributed by atoms with Crippen LogP contribution in [0.1, 0.15) is 36.5 Å². The van der Waals surface area contributed by atoms with Crippen molar-refractivity contribution in [3.63, 3.8) is 0 Å². The summed E-state index contributed by atoms with van der Waals surface area (Å²) in [5.41, 5.74) is 0.858. The second-order valence-corrected chi connectivity index (χ2v) is 6.13. The lowest BCUT2D eigenvalue weighted by Crippen LogP contribution is -2.30. The molecule has 1 aromatic heterocycles. The van der Waals surface area contributed by atoms with Crippen molar-refractivity contribution >= 4 is 11.7 Å². The smallest absolute Gasteiger partial charge is 0.290 e. The van der Waals surface area contributed by atoms with Crippen molar-refractivity contribution in [3.05, 3.63) is 64.8 Å². The number of hydrogen-bond donors (Lipinski definition) is 1. The Balaban J connectivity index is 2.05. The molecule has 6 nitrogen and oxygen atoms in total. The van der Waals surface area contributed by atoms with Crippen molar-refractivity contribution in [1.82, 2.24) is 4.90 Å². The van der Waals surface area contributed by atoms with E-state index >= 15 is 0 Å². The molecule has 0 saturated carbocycles. The number of nitrogens with zero attached hydrogens (tertiary/aromatic N) is 1. The van der Waals surface area contributed by atoms with E-state index in [1.54, 1.807) is 39.2 Å². The number of benzene rings is 1. The number of amides is 1. The van der Waals surface area contributed by atoms with E-state index in [0.717, 1.165) is 5.56 Å². The Kier molecular flexibility index (Phi) is 4.84. The Morgan fingerprint density at radius 2 is 2.00 bits per heavy atom. The van der Waals surface area contributed by atoms with Crippen LogP contribution in [0.2, 0.25) is 0 Å². The van der Waals surface area contributed by atoms with Crippen molar-refractivity contribution < 1.29 is 23.8 Å². The van der Waals surface area contributed by atoms with Crippen LogP contribution >= 0.6 is 0 Å². The molecule has 1 aliphatic rings. The van der Waals surface area contributed by atoms with Crippen LogP contribution in [0.3, 0.4) is 0 Å². The first-order valence-electron chi connectivity index (χ1n) is 8.43. The van der Waals surface area contributed by atoms with Gasteiger partial charge in [-0.3, -0.25) is 9.59 Å². The maximum absolute atomic E-state index is 12.7. The highest BCUT2D eigenvalue weighted by Gasteiger charge is 2.44. The van der Waals surface area contributed by atoms with Crippen molar-refractivity contribution in [2.24, 2.45) is 0 Å². The molecule has 1 atom stereocenters. The lowest BCUT2D eigenvalue weighted by atomic mass is 9.99. The lowest BCUT2D eigenvalue weighted by Gasteiger charge is -2.25. The summed E-state index contributed by atoms with van der Waals surface area (Å²) < 4.78 is 11.0. The van der Waals surface area contributed by atoms with Crippen LogP contribution in [0, 0.1) is 6.92 Å². The molecule has 6 heteroatoms. The van der Waals surface area contributed by atoms with E-state index in [-0.39, 0.29) is 24.3 Å². The third kappa shape index (κ3) is 2.98. The summed E-state index contributed by atoms with van der Waals surface area (Å²) in [5, 5.41) is 10.4. The number of carbonyl (C=O) groups excluding carboxylic acids is 2. The number of aliphatic hydroxyl groups excluding tert-OH is 1. The molecule has 26 heavy (non-hydrogen) atoms. The minimum atomic E-state index is -0.756. The van der Waals surface area contributed by atoms with Gasteiger partial charge in [0.2, 0.25) is 0 Å². The minimum absolute atomic E-state index is 0.0850. The molecule has 0 radical (unpaired) electrons. The van der Waals surface area contributed by atoms with E-state index in [2.05, 4.69) is 0 Å². The van der Waals surface area contributed by atoms with Crippen molar-refractivity contribution in [1.29, 1.82) is 0 Å². The van der Waals surface area contributed by atoms with Gasteiger partial charge in [0, 0.05) is 12.0 Å². The van der Waals surface area contributed by atoms with Gasteiger partial charge < -0.3 is 19.2 Å². The normalized spacial score (nSPS) is 17.1. The van der Waals surface area contributed by atoms with E-state index in [1.165, 1.54) is 4.90 Å². The van der Waals surface area contributed by atoms with Gasteiger partial charge >= 0.3 is 0 Å². The molecule has 1 aromatic carbocycles. The molecule has 1 N–H and O–H groups in total. The van der Waals surface area contributed by atoms with Gasteiger partial charge in [-0.25, -0.2) is 0 Å². The monoisotopic (exact) mass is 355 g/mol. The summed E-state index contributed by atoms with van der Waals surface area (Å²) in [4.78, 5) is 26.6. The zero-order chi connectivity index (χ0) is 18.8. The fraction of sp³-hybridized carbons (Fsp3) is 0.300. The highest BCUT2D eigenvalue weighted by Crippen LogP contribution is 2.40. The van der Waals surface area contributed by atoms with E-state index in [1.807, 2.05) is 18.2 Å². The number of para-hydroxylation sites is 1. The Morgan fingerprint density at radius 1 is 1.27 bits per heavy atom. The topological polar surface area (TPSA) is 80.0 Å². The van der Waals surface area contributed by atoms with E-state index < -0.39 is 17.7 Å². The third-order valence-corrected chi connectivity index (χ3v) is 4.49. The molecule has 1 amide bonds. The van der Waals surface area contributed by atoms with Gasteiger partial charge in [-0.2, -0.15) is 0 Å². The average molecular weight is 355 g/mol. The van der Waals surface area contributed by atoms with Crippen LogP contribution in [0.15, 0.2) is 52.1 Å². The van der Waals surface area contributed by atoms with Gasteiger partial charge in [0.05, 0.1) is 19.2 Å². The molecule has 0 saturated heterocycles. The molecule has 0 aliphatic carbocycles. The van der Waals surface area contributed by atoms with Crippen molar-refractivity contribution in [2.45, 2.75) is 32.9 Å². The number of aryl methyl sites for hydroxylation is 1. The second-order valence-electron chi connectivity index (χ2n) is 6.13. The summed E-state index contributed by atoms with van der Waals surface area (Å²) in [6.45, 7) is 3.66. The van der Waals surface area contributed by atoms with Crippen LogP contribution in [0.25, 0.3) is 0 Å². The standard InChI is InChI=1S/C20H21NO5/c1-4-14(22)17-18(16-10-9-12(2)26-16)21(20(24)19(17)23)11-13-7-5-6-8-15(13)25-3/h5-10,18,23H,4,11H2,1-3H3. The van der Waals surface area contributed by atoms with E-state index in [4.69, 9.17) is 9.15 Å². The SMILES string of the molecule is CCC(=O)C1=C(O)C(=O)N(Cc2ccccc2OC)C1c1ccc(C)o1. The van der Waals surface area contributed by atoms with Gasteiger partial charge in [-0.05, 0) is 25.1 Å². The number of hydrogen-bond acceptors (Lipinski definition) is 5. The Morgan fingerprint density at radius 3 is 2.62 bits per heavy atom. The number of furan rings is 1. The van der Waals surface area contributed by atoms with Gasteiger partial charge in [0.15, 0.2) is 11.5 Å². The highest BCUT2D eigenvalue weighted by molar-refractivity contribution is 6.08. The van der Waals surface area contributed by atoms with Crippen LogP contribution in [0.4, 0.5) is 0 Å². The second kappa shape index (κ2) is 7.07. The summed E-state index contributed by atoms with van der Waals surface area (Å²) in [5.74, 6) is 0.366. The lowest BCUT2D eigenvalue weighted by molar-refractivity contribution is -0.130. The summed E-state index contributed by atoms with van der Waals surface area (Å²) in [6.07, 6.45) is 0.186. The predicted octanol–water partition coefficient (Wildman–Crippen LogP) is 3.47. The summed E-state index contributed by atoms with van der Waals surface area (Å²) >= 11 is 0. The maximum atomic E-state index is 12.7. The Bertz CT molecular complexity index is 880. The summed E-state index contributed by atoms with van der Waals surface area (Å²) in [6, 6.07) is 10.1. The largest absolute Gasteiger partial charge is 0.503 e. The maximum Gasteiger partial charge on any atom is 0.290 e. The molecule has 1 unspecified atom stereocenters. The highest BCUT2D eigenvalue weighted by atomic mass is 16.5. The van der Waals surface area contributed by atoms with Gasteiger partial charge in [0.25, 0.3) is 5.91 Å². The van der Waals surface area contributed by atoms with Crippen molar-refractivity contribution in [2.75, 3.05) is 7.11 Å². The number of carbonyl (C=O) groups is 2. The number of methoxy groups -OCH3 is 1. The first kappa shape index (κ1) is 17.8. The number of Topliss-reactive ketones (excluding diaryl/α,β-unsaturated/α-hetero) is 1. The number of ether oxygens (including phenoxy) is 1. The number of aliphatic hydroxyl groups is 1. The molecule has 2 aromatic rings. The molecule has 1 aliphatic heterocycles. The average Bonchev–Trinajstić information content (AvgIpc) is 3.18. The van der Waals surface area contributed by atoms with Crippen LogP contribution in [0.5, 0.6) is 5.75 Å². The molecule has 3 rings (SSSR count). The fourth-order valence-corrected chi connectivity index (χ4v) is 3.21. The van der Waals surface area contributed by atoms with E-state index in [9.17, 15) is 14.7 Å². The quantitative estimate of drug-likeness (QED) is 0.858. The van der Waals surface area contributed by atoms with Gasteiger partial charge in [-0.15, -0.1) is 0 Å². The molecular weight excluding hydrogens is 334 g/mol. The first-order chi connectivity index (χ1) is 12.5. The number of ketones is 1. The first-order valence-corrected chi connectivity index (χ1v) is 8.43. The Hall–Kier alpha value is -3.02. The number of rotatable bonds is 6. The predicted molar refractivity (Wildman–Crippen MR) is 94.7 cm³/mol. The minimum Gasteiger partial charge on any atom is -0.503 e. The molecule has 0 spiro atoms. The Labute approximate surface area is 151 Å². The fourth-order valence-electron chi connectivity index (χ4n) is 3.21. The molecular formula is C20H21NO5. The van der Waals surface area contributed by atoms with Crippen LogP contribution in [-0.2, 0) is 16.1 Å². The van der Waals surface area contributed by atoms with Gasteiger partial charge in [0.1, 0.15) is 23.3 Å². The van der Waals surface area contributed by atoms with Crippen molar-refractivity contribution in [3.8, 4) is 5.75 Å². The third-order valence-electron chi connectivity index (χ3n) is 4.49. The van der Waals surface area contributed by atoms with Gasteiger partial charge in [-0.1, -0.05) is 25.1 Å². The molecule has 136 valence electrons. The molecule has 0 bridgehead atoms. The zero-order valence-corrected chi connectivity index (χ0v) is 15.0. The summed E-state index contributed by atoms with van der Waals surface area (Å²) in [7, 11) is 1.56. The molecule has 0 fully saturated rings.